The molecule has 5 heteroatoms. The Balaban J connectivity index is 2.39. The zero-order valence-electron chi connectivity index (χ0n) is 12.2. The van der Waals surface area contributed by atoms with Gasteiger partial charge in [0.1, 0.15) is 0 Å². The fraction of sp³-hybridized carbons (Fsp3) is 0.600. The average Bonchev–Trinajstić information content (AvgIpc) is 3.27. The summed E-state index contributed by atoms with van der Waals surface area (Å²) in [5, 5.41) is 9.23. The second-order valence-electron chi connectivity index (χ2n) is 5.35. The standard InChI is InChI=1S/C15H23NO3S/c1-3-14-8-7-13(11-17)9-15(14)20(18,19)16(4-2)10-12-5-6-12/h7-9,12,17H,3-6,10-11H2,1-2H3. The summed E-state index contributed by atoms with van der Waals surface area (Å²) < 4.78 is 27.2. The van der Waals surface area contributed by atoms with Gasteiger partial charge in [-0.25, -0.2) is 8.42 Å². The molecule has 1 aromatic carbocycles. The maximum absolute atomic E-state index is 12.8. The lowest BCUT2D eigenvalue weighted by atomic mass is 10.1. The van der Waals surface area contributed by atoms with Crippen LogP contribution in [0.2, 0.25) is 0 Å². The van der Waals surface area contributed by atoms with Crippen LogP contribution in [0.5, 0.6) is 0 Å². The molecule has 112 valence electrons. The summed E-state index contributed by atoms with van der Waals surface area (Å²) in [5.74, 6) is 0.524. The third-order valence-electron chi connectivity index (χ3n) is 3.82. The summed E-state index contributed by atoms with van der Waals surface area (Å²) in [6.07, 6.45) is 2.92. The molecule has 0 amide bonds. The van der Waals surface area contributed by atoms with Crippen molar-refractivity contribution in [2.24, 2.45) is 5.92 Å². The number of aryl methyl sites for hydroxylation is 1. The second kappa shape index (κ2) is 6.24. The van der Waals surface area contributed by atoms with Gasteiger partial charge in [-0.3, -0.25) is 0 Å². The fourth-order valence-electron chi connectivity index (χ4n) is 2.35. The zero-order valence-corrected chi connectivity index (χ0v) is 13.0. The fourth-order valence-corrected chi connectivity index (χ4v) is 4.22. The number of aliphatic hydroxyl groups is 1. The molecule has 0 unspecified atom stereocenters. The van der Waals surface area contributed by atoms with Crippen molar-refractivity contribution in [1.82, 2.24) is 4.31 Å². The maximum Gasteiger partial charge on any atom is 0.243 e. The third kappa shape index (κ3) is 3.22. The molecule has 1 fully saturated rings. The Morgan fingerprint density at radius 2 is 2.00 bits per heavy atom. The summed E-state index contributed by atoms with van der Waals surface area (Å²) in [5.41, 5.74) is 1.46. The number of sulfonamides is 1. The molecule has 0 saturated heterocycles. The number of hydrogen-bond donors (Lipinski definition) is 1. The number of aliphatic hydroxyl groups excluding tert-OH is 1. The Morgan fingerprint density at radius 1 is 1.30 bits per heavy atom. The molecule has 20 heavy (non-hydrogen) atoms. The van der Waals surface area contributed by atoms with Gasteiger partial charge in [-0.1, -0.05) is 26.0 Å². The van der Waals surface area contributed by atoms with Gasteiger partial charge in [0.25, 0.3) is 0 Å². The van der Waals surface area contributed by atoms with E-state index in [9.17, 15) is 13.5 Å². The highest BCUT2D eigenvalue weighted by Gasteiger charge is 2.31. The summed E-state index contributed by atoms with van der Waals surface area (Å²) in [6.45, 7) is 4.80. The van der Waals surface area contributed by atoms with Gasteiger partial charge in [-0.2, -0.15) is 4.31 Å². The Bertz CT molecular complexity index is 564. The van der Waals surface area contributed by atoms with Crippen molar-refractivity contribution in [3.8, 4) is 0 Å². The monoisotopic (exact) mass is 297 g/mol. The van der Waals surface area contributed by atoms with Gasteiger partial charge in [0.15, 0.2) is 0 Å². The number of rotatable bonds is 7. The molecule has 0 spiro atoms. The van der Waals surface area contributed by atoms with Crippen molar-refractivity contribution >= 4 is 10.0 Å². The van der Waals surface area contributed by atoms with Gasteiger partial charge < -0.3 is 5.11 Å². The minimum Gasteiger partial charge on any atom is -0.392 e. The van der Waals surface area contributed by atoms with Crippen LogP contribution < -0.4 is 0 Å². The van der Waals surface area contributed by atoms with Gasteiger partial charge in [0, 0.05) is 13.1 Å². The molecule has 1 aromatic rings. The number of benzene rings is 1. The highest BCUT2D eigenvalue weighted by Crippen LogP contribution is 2.32. The molecule has 0 radical (unpaired) electrons. The molecule has 0 atom stereocenters. The number of nitrogens with zero attached hydrogens (tertiary/aromatic N) is 1. The number of hydrogen-bond acceptors (Lipinski definition) is 3. The molecular formula is C15H23NO3S. The molecule has 1 N–H and O–H groups in total. The molecular weight excluding hydrogens is 274 g/mol. The molecule has 0 aromatic heterocycles. The Morgan fingerprint density at radius 3 is 2.50 bits per heavy atom. The molecule has 1 aliphatic carbocycles. The molecule has 0 aliphatic heterocycles. The van der Waals surface area contributed by atoms with E-state index in [2.05, 4.69) is 0 Å². The highest BCUT2D eigenvalue weighted by molar-refractivity contribution is 7.89. The van der Waals surface area contributed by atoms with Crippen molar-refractivity contribution < 1.29 is 13.5 Å². The molecule has 1 saturated carbocycles. The van der Waals surface area contributed by atoms with Crippen molar-refractivity contribution in [2.45, 2.75) is 44.6 Å². The van der Waals surface area contributed by atoms with Crippen LogP contribution in [0.15, 0.2) is 23.1 Å². The van der Waals surface area contributed by atoms with E-state index < -0.39 is 10.0 Å². The lowest BCUT2D eigenvalue weighted by Crippen LogP contribution is -2.33. The van der Waals surface area contributed by atoms with Gasteiger partial charge in [0.05, 0.1) is 11.5 Å². The van der Waals surface area contributed by atoms with E-state index in [1.54, 1.807) is 16.4 Å². The Labute approximate surface area is 121 Å². The third-order valence-corrected chi connectivity index (χ3v) is 5.85. The predicted molar refractivity (Wildman–Crippen MR) is 78.9 cm³/mol. The molecule has 1 aliphatic rings. The summed E-state index contributed by atoms with van der Waals surface area (Å²) in [4.78, 5) is 0.356. The van der Waals surface area contributed by atoms with Crippen LogP contribution in [0.1, 0.15) is 37.8 Å². The molecule has 2 rings (SSSR count). The van der Waals surface area contributed by atoms with E-state index in [0.717, 1.165) is 18.4 Å². The first-order chi connectivity index (χ1) is 9.52. The largest absolute Gasteiger partial charge is 0.392 e. The minimum absolute atomic E-state index is 0.138. The van der Waals surface area contributed by atoms with E-state index >= 15 is 0 Å². The van der Waals surface area contributed by atoms with E-state index in [-0.39, 0.29) is 6.61 Å². The highest BCUT2D eigenvalue weighted by atomic mass is 32.2. The normalized spacial score (nSPS) is 15.8. The topological polar surface area (TPSA) is 57.6 Å². The first kappa shape index (κ1) is 15.5. The summed E-state index contributed by atoms with van der Waals surface area (Å²) in [7, 11) is -3.46. The summed E-state index contributed by atoms with van der Waals surface area (Å²) >= 11 is 0. The zero-order chi connectivity index (χ0) is 14.8. The van der Waals surface area contributed by atoms with Crippen LogP contribution in [0.3, 0.4) is 0 Å². The van der Waals surface area contributed by atoms with E-state index in [1.165, 1.54) is 0 Å². The predicted octanol–water partition coefficient (Wildman–Crippen LogP) is 2.16. The van der Waals surface area contributed by atoms with E-state index in [1.807, 2.05) is 19.9 Å². The van der Waals surface area contributed by atoms with Crippen LogP contribution in [0, 0.1) is 5.92 Å². The van der Waals surface area contributed by atoms with Gasteiger partial charge in [-0.15, -0.1) is 0 Å². The molecule has 0 bridgehead atoms. The van der Waals surface area contributed by atoms with Gasteiger partial charge in [-0.05, 0) is 42.4 Å². The van der Waals surface area contributed by atoms with E-state index in [0.29, 0.717) is 35.9 Å². The van der Waals surface area contributed by atoms with Crippen LogP contribution in [-0.2, 0) is 23.1 Å². The Kier molecular flexibility index (Phi) is 4.83. The second-order valence-corrected chi connectivity index (χ2v) is 7.26. The molecule has 4 nitrogen and oxygen atoms in total. The smallest absolute Gasteiger partial charge is 0.243 e. The SMILES string of the molecule is CCc1ccc(CO)cc1S(=O)(=O)N(CC)CC1CC1. The summed E-state index contributed by atoms with van der Waals surface area (Å²) in [6, 6.07) is 5.21. The molecule has 0 heterocycles. The van der Waals surface area contributed by atoms with Crippen molar-refractivity contribution in [2.75, 3.05) is 13.1 Å². The van der Waals surface area contributed by atoms with Crippen LogP contribution in [0.4, 0.5) is 0 Å². The lowest BCUT2D eigenvalue weighted by Gasteiger charge is -2.22. The van der Waals surface area contributed by atoms with Crippen LogP contribution in [-0.4, -0.2) is 30.9 Å². The lowest BCUT2D eigenvalue weighted by molar-refractivity contribution is 0.281. The first-order valence-electron chi connectivity index (χ1n) is 7.25. The van der Waals surface area contributed by atoms with Gasteiger partial charge >= 0.3 is 0 Å². The Hall–Kier alpha value is -0.910. The van der Waals surface area contributed by atoms with E-state index in [4.69, 9.17) is 0 Å². The van der Waals surface area contributed by atoms with Crippen LogP contribution >= 0.6 is 0 Å². The van der Waals surface area contributed by atoms with Crippen molar-refractivity contribution in [1.29, 1.82) is 0 Å². The van der Waals surface area contributed by atoms with Crippen LogP contribution in [0.25, 0.3) is 0 Å². The minimum atomic E-state index is -3.46. The maximum atomic E-state index is 12.8. The quantitative estimate of drug-likeness (QED) is 0.839. The first-order valence-corrected chi connectivity index (χ1v) is 8.69. The van der Waals surface area contributed by atoms with Crippen molar-refractivity contribution in [3.05, 3.63) is 29.3 Å². The average molecular weight is 297 g/mol. The van der Waals surface area contributed by atoms with Gasteiger partial charge in [0.2, 0.25) is 10.0 Å². The van der Waals surface area contributed by atoms with Crippen molar-refractivity contribution in [3.63, 3.8) is 0 Å².